The lowest BCUT2D eigenvalue weighted by atomic mass is 9.81. The molecule has 1 aliphatic rings. The number of carbonyl (C=O) groups excluding carboxylic acids is 1. The molecule has 0 aromatic rings. The smallest absolute Gasteiger partial charge is 0.330 e. The summed E-state index contributed by atoms with van der Waals surface area (Å²) in [5.74, 6) is -0.392. The summed E-state index contributed by atoms with van der Waals surface area (Å²) in [6, 6.07) is 0. The molecule has 2 unspecified atom stereocenters. The molecule has 1 fully saturated rings. The molecule has 0 saturated carbocycles. The minimum absolute atomic E-state index is 0.0542. The topological polar surface area (TPSA) is 54.0 Å². The van der Waals surface area contributed by atoms with Crippen molar-refractivity contribution in [3.63, 3.8) is 0 Å². The van der Waals surface area contributed by atoms with Crippen LogP contribution in [0.5, 0.6) is 0 Å². The molecule has 0 bridgehead atoms. The van der Waals surface area contributed by atoms with Crippen LogP contribution in [0.4, 0.5) is 0 Å². The molecule has 0 aliphatic carbocycles. The maximum absolute atomic E-state index is 11.1. The highest BCUT2D eigenvalue weighted by Crippen LogP contribution is 2.32. The second kappa shape index (κ2) is 9.18. The maximum Gasteiger partial charge on any atom is 0.330 e. The predicted octanol–water partition coefficient (Wildman–Crippen LogP) is 2.69. The van der Waals surface area contributed by atoms with E-state index < -0.39 is 5.97 Å². The largest absolute Gasteiger partial charge is 0.459 e. The molecule has 0 aromatic carbocycles. The van der Waals surface area contributed by atoms with E-state index in [1.165, 1.54) is 6.08 Å². The lowest BCUT2D eigenvalue weighted by Gasteiger charge is -2.37. The highest BCUT2D eigenvalue weighted by molar-refractivity contribution is 5.81. The van der Waals surface area contributed by atoms with Crippen LogP contribution >= 0.6 is 0 Å². The normalized spacial score (nSPS) is 20.5. The standard InChI is InChI=1S/C16H28O5/c1-5-15(17)21-13(3)7-8-20-14(4)9-16(6-2)10-18-12-19-11-16/h5,13-14H,1,6-12H2,2-4H3. The second-order valence-corrected chi connectivity index (χ2v) is 5.79. The molecular formula is C16H28O5. The third-order valence-corrected chi connectivity index (χ3v) is 3.86. The first-order valence-corrected chi connectivity index (χ1v) is 7.61. The Morgan fingerprint density at radius 3 is 2.57 bits per heavy atom. The number of hydrogen-bond donors (Lipinski definition) is 0. The van der Waals surface area contributed by atoms with Crippen LogP contribution in [0.15, 0.2) is 12.7 Å². The summed E-state index contributed by atoms with van der Waals surface area (Å²) >= 11 is 0. The van der Waals surface area contributed by atoms with E-state index in [0.717, 1.165) is 26.1 Å². The van der Waals surface area contributed by atoms with Gasteiger partial charge < -0.3 is 18.9 Å². The average molecular weight is 300 g/mol. The van der Waals surface area contributed by atoms with Crippen LogP contribution in [-0.4, -0.2) is 44.8 Å². The minimum Gasteiger partial charge on any atom is -0.459 e. The van der Waals surface area contributed by atoms with E-state index in [-0.39, 0.29) is 17.6 Å². The highest BCUT2D eigenvalue weighted by Gasteiger charge is 2.33. The van der Waals surface area contributed by atoms with Gasteiger partial charge in [-0.15, -0.1) is 0 Å². The molecule has 1 rings (SSSR count). The Morgan fingerprint density at radius 1 is 1.33 bits per heavy atom. The number of esters is 1. The summed E-state index contributed by atoms with van der Waals surface area (Å²) in [4.78, 5) is 11.1. The van der Waals surface area contributed by atoms with Crippen molar-refractivity contribution in [2.24, 2.45) is 5.41 Å². The summed E-state index contributed by atoms with van der Waals surface area (Å²) in [7, 11) is 0. The van der Waals surface area contributed by atoms with Crippen molar-refractivity contribution in [2.75, 3.05) is 26.6 Å². The van der Waals surface area contributed by atoms with Crippen LogP contribution in [0, 0.1) is 5.41 Å². The zero-order valence-electron chi connectivity index (χ0n) is 13.4. The van der Waals surface area contributed by atoms with Crippen LogP contribution in [0.3, 0.4) is 0 Å². The Kier molecular flexibility index (Phi) is 7.93. The number of hydrogen-bond acceptors (Lipinski definition) is 5. The lowest BCUT2D eigenvalue weighted by Crippen LogP contribution is -2.39. The molecule has 0 radical (unpaired) electrons. The van der Waals surface area contributed by atoms with Gasteiger partial charge in [0.1, 0.15) is 12.9 Å². The van der Waals surface area contributed by atoms with Crippen LogP contribution < -0.4 is 0 Å². The second-order valence-electron chi connectivity index (χ2n) is 5.79. The number of ether oxygens (including phenoxy) is 4. The highest BCUT2D eigenvalue weighted by atomic mass is 16.7. The van der Waals surface area contributed by atoms with Crippen molar-refractivity contribution in [2.45, 2.75) is 52.2 Å². The van der Waals surface area contributed by atoms with Crippen LogP contribution in [-0.2, 0) is 23.7 Å². The van der Waals surface area contributed by atoms with Gasteiger partial charge in [-0.2, -0.15) is 0 Å². The molecule has 0 N–H and O–H groups in total. The van der Waals surface area contributed by atoms with E-state index in [2.05, 4.69) is 20.4 Å². The predicted molar refractivity (Wildman–Crippen MR) is 79.9 cm³/mol. The molecule has 0 amide bonds. The molecule has 0 spiro atoms. The van der Waals surface area contributed by atoms with E-state index in [0.29, 0.717) is 19.8 Å². The summed E-state index contributed by atoms with van der Waals surface area (Å²) in [6.45, 7) is 11.9. The first-order chi connectivity index (χ1) is 10.0. The van der Waals surface area contributed by atoms with E-state index in [4.69, 9.17) is 18.9 Å². The van der Waals surface area contributed by atoms with Crippen molar-refractivity contribution >= 4 is 5.97 Å². The Morgan fingerprint density at radius 2 is 2.00 bits per heavy atom. The zero-order valence-corrected chi connectivity index (χ0v) is 13.4. The molecule has 2 atom stereocenters. The molecule has 5 nitrogen and oxygen atoms in total. The van der Waals surface area contributed by atoms with Gasteiger partial charge in [0.05, 0.1) is 25.9 Å². The Hall–Kier alpha value is -0.910. The van der Waals surface area contributed by atoms with Gasteiger partial charge in [0.25, 0.3) is 0 Å². The first kappa shape index (κ1) is 18.1. The maximum atomic E-state index is 11.1. The van der Waals surface area contributed by atoms with Gasteiger partial charge in [0.15, 0.2) is 0 Å². The number of carbonyl (C=O) groups is 1. The minimum atomic E-state index is -0.392. The van der Waals surface area contributed by atoms with Gasteiger partial charge in [-0.1, -0.05) is 13.5 Å². The van der Waals surface area contributed by atoms with Gasteiger partial charge in [0, 0.05) is 17.9 Å². The Bertz CT molecular complexity index is 323. The quantitative estimate of drug-likeness (QED) is 0.484. The summed E-state index contributed by atoms with van der Waals surface area (Å²) < 4.78 is 21.8. The van der Waals surface area contributed by atoms with Crippen LogP contribution in [0.1, 0.15) is 40.0 Å². The first-order valence-electron chi connectivity index (χ1n) is 7.61. The van der Waals surface area contributed by atoms with Gasteiger partial charge in [-0.05, 0) is 26.7 Å². The fraction of sp³-hybridized carbons (Fsp3) is 0.812. The molecular weight excluding hydrogens is 272 g/mol. The average Bonchev–Trinajstić information content (AvgIpc) is 2.47. The van der Waals surface area contributed by atoms with Gasteiger partial charge in [-0.25, -0.2) is 4.79 Å². The molecule has 1 heterocycles. The molecule has 21 heavy (non-hydrogen) atoms. The summed E-state index contributed by atoms with van der Waals surface area (Å²) in [6.07, 6.45) is 3.73. The van der Waals surface area contributed by atoms with Crippen molar-refractivity contribution in [1.29, 1.82) is 0 Å². The van der Waals surface area contributed by atoms with E-state index in [9.17, 15) is 4.79 Å². The van der Waals surface area contributed by atoms with E-state index in [1.54, 1.807) is 0 Å². The fourth-order valence-electron chi connectivity index (χ4n) is 2.49. The Labute approximate surface area is 127 Å². The third kappa shape index (κ3) is 6.59. The van der Waals surface area contributed by atoms with Gasteiger partial charge >= 0.3 is 5.97 Å². The van der Waals surface area contributed by atoms with Crippen LogP contribution in [0.25, 0.3) is 0 Å². The monoisotopic (exact) mass is 300 g/mol. The SMILES string of the molecule is C=CC(=O)OC(C)CCOC(C)CC1(CC)COCOC1. The van der Waals surface area contributed by atoms with E-state index in [1.807, 2.05) is 6.92 Å². The number of rotatable bonds is 9. The molecule has 0 aromatic heterocycles. The van der Waals surface area contributed by atoms with Gasteiger partial charge in [0.2, 0.25) is 0 Å². The fourth-order valence-corrected chi connectivity index (χ4v) is 2.49. The van der Waals surface area contributed by atoms with Crippen LogP contribution in [0.2, 0.25) is 0 Å². The van der Waals surface area contributed by atoms with Gasteiger partial charge in [-0.3, -0.25) is 0 Å². The van der Waals surface area contributed by atoms with Crippen molar-refractivity contribution in [3.8, 4) is 0 Å². The van der Waals surface area contributed by atoms with Crippen molar-refractivity contribution < 1.29 is 23.7 Å². The molecule has 1 aliphatic heterocycles. The van der Waals surface area contributed by atoms with E-state index >= 15 is 0 Å². The third-order valence-electron chi connectivity index (χ3n) is 3.86. The zero-order chi connectivity index (χ0) is 15.7. The summed E-state index contributed by atoms with van der Waals surface area (Å²) in [5.41, 5.74) is 0.0542. The summed E-state index contributed by atoms with van der Waals surface area (Å²) in [5, 5.41) is 0. The molecule has 5 heteroatoms. The lowest BCUT2D eigenvalue weighted by molar-refractivity contribution is -0.176. The molecule has 122 valence electrons. The Balaban J connectivity index is 2.25. The van der Waals surface area contributed by atoms with Crippen molar-refractivity contribution in [1.82, 2.24) is 0 Å². The molecule has 1 saturated heterocycles. The van der Waals surface area contributed by atoms with Crippen molar-refractivity contribution in [3.05, 3.63) is 12.7 Å².